The number of hydrogen-bond acceptors (Lipinski definition) is 4. The summed E-state index contributed by atoms with van der Waals surface area (Å²) >= 11 is 0. The van der Waals surface area contributed by atoms with Gasteiger partial charge < -0.3 is 15.9 Å². The van der Waals surface area contributed by atoms with Crippen LogP contribution < -0.4 is 0 Å². The van der Waals surface area contributed by atoms with Gasteiger partial charge in [0.2, 0.25) is 0 Å². The molecule has 0 aromatic carbocycles. The van der Waals surface area contributed by atoms with Crippen LogP contribution in [0.3, 0.4) is 0 Å². The number of aliphatic hydroxyl groups is 1. The molecule has 4 heteroatoms. The van der Waals surface area contributed by atoms with Gasteiger partial charge in [0.25, 0.3) is 0 Å². The molecule has 0 radical (unpaired) electrons. The highest BCUT2D eigenvalue weighted by Crippen LogP contribution is 2.65. The number of ketones is 1. The number of aliphatic hydroxyl groups excluding tert-OH is 1. The molecule has 4 aliphatic rings. The molecule has 0 bridgehead atoms. The van der Waals surface area contributed by atoms with Crippen molar-refractivity contribution < 1.29 is 9.90 Å². The van der Waals surface area contributed by atoms with Crippen molar-refractivity contribution in [3.63, 3.8) is 0 Å². The highest BCUT2D eigenvalue weighted by molar-refractivity contribution is 5.95. The van der Waals surface area contributed by atoms with E-state index in [0.717, 1.165) is 56.4 Å². The van der Waals surface area contributed by atoms with Gasteiger partial charge in [-0.2, -0.15) is 0 Å². The Balaban J connectivity index is 1.76. The minimum Gasteiger partial charge on any atom is -0.396 e. The zero-order valence-electron chi connectivity index (χ0n) is 15.6. The Bertz CT molecular complexity index is 629. The third kappa shape index (κ3) is 2.12. The van der Waals surface area contributed by atoms with E-state index in [4.69, 9.17) is 10.8 Å². The Hall–Kier alpha value is -1.03. The monoisotopic (exact) mass is 344 g/mol. The van der Waals surface area contributed by atoms with E-state index in [1.165, 1.54) is 0 Å². The van der Waals surface area contributed by atoms with Gasteiger partial charge in [0.05, 0.1) is 0 Å². The van der Waals surface area contributed by atoms with Crippen LogP contribution in [0.15, 0.2) is 0 Å². The fourth-order valence-corrected chi connectivity index (χ4v) is 7.53. The molecule has 0 amide bonds. The minimum absolute atomic E-state index is 0.0476. The summed E-state index contributed by atoms with van der Waals surface area (Å²) in [5.41, 5.74) is 1.14. The summed E-state index contributed by atoms with van der Waals surface area (Å²) in [5, 5.41) is 27.8. The van der Waals surface area contributed by atoms with E-state index in [0.29, 0.717) is 30.0 Å². The van der Waals surface area contributed by atoms with Gasteiger partial charge in [-0.1, -0.05) is 13.8 Å². The fourth-order valence-electron chi connectivity index (χ4n) is 7.53. The third-order valence-corrected chi connectivity index (χ3v) is 8.78. The van der Waals surface area contributed by atoms with Crippen LogP contribution in [0.5, 0.6) is 0 Å². The van der Waals surface area contributed by atoms with Crippen molar-refractivity contribution in [1.82, 2.24) is 0 Å². The molecule has 4 fully saturated rings. The lowest BCUT2D eigenvalue weighted by Crippen LogP contribution is -2.61. The van der Waals surface area contributed by atoms with E-state index in [2.05, 4.69) is 13.8 Å². The lowest BCUT2D eigenvalue weighted by atomic mass is 9.42. The summed E-state index contributed by atoms with van der Waals surface area (Å²) in [4.78, 5) is 12.5. The van der Waals surface area contributed by atoms with Gasteiger partial charge in [0.1, 0.15) is 5.78 Å². The largest absolute Gasteiger partial charge is 0.396 e. The SMILES string of the molecule is CC[C@H]1C(=N)CC[C@]2(CO)C3CC[C@]4(C)C(=O)CCC4C3CC(=N)C12. The molecule has 4 nitrogen and oxygen atoms in total. The van der Waals surface area contributed by atoms with Crippen LogP contribution in [0.1, 0.15) is 65.2 Å². The average molecular weight is 344 g/mol. The van der Waals surface area contributed by atoms with E-state index < -0.39 is 0 Å². The molecule has 0 aromatic rings. The first-order valence-corrected chi connectivity index (χ1v) is 10.2. The number of fused-ring (bicyclic) bond motifs is 5. The predicted molar refractivity (Wildman–Crippen MR) is 98.1 cm³/mol. The molecule has 4 saturated carbocycles. The van der Waals surface area contributed by atoms with Gasteiger partial charge >= 0.3 is 0 Å². The minimum atomic E-state index is -0.224. The topological polar surface area (TPSA) is 85.0 Å². The number of nitrogens with one attached hydrogen (secondary N) is 2. The van der Waals surface area contributed by atoms with Gasteiger partial charge in [-0.3, -0.25) is 4.79 Å². The van der Waals surface area contributed by atoms with Gasteiger partial charge in [0.15, 0.2) is 0 Å². The lowest BCUT2D eigenvalue weighted by molar-refractivity contribution is -0.136. The number of Topliss-reactive ketones (excluding diaryl/α,β-unsaturated/α-hetero) is 1. The summed E-state index contributed by atoms with van der Waals surface area (Å²) in [5.74, 6) is 1.80. The van der Waals surface area contributed by atoms with Crippen molar-refractivity contribution in [2.24, 2.45) is 40.4 Å². The molecule has 0 aromatic heterocycles. The smallest absolute Gasteiger partial charge is 0.139 e. The van der Waals surface area contributed by atoms with Crippen LogP contribution in [0.4, 0.5) is 0 Å². The van der Waals surface area contributed by atoms with E-state index in [9.17, 15) is 9.90 Å². The number of carbonyl (C=O) groups is 1. The van der Waals surface area contributed by atoms with Crippen LogP contribution >= 0.6 is 0 Å². The second-order valence-electron chi connectivity index (χ2n) is 9.43. The Morgan fingerprint density at radius 1 is 1.12 bits per heavy atom. The summed E-state index contributed by atoms with van der Waals surface area (Å²) in [7, 11) is 0. The molecule has 4 aliphatic carbocycles. The molecular weight excluding hydrogens is 312 g/mol. The highest BCUT2D eigenvalue weighted by atomic mass is 16.3. The molecular formula is C21H32N2O2. The maximum atomic E-state index is 12.5. The molecule has 25 heavy (non-hydrogen) atoms. The van der Waals surface area contributed by atoms with Crippen molar-refractivity contribution in [2.75, 3.05) is 6.61 Å². The number of carbonyl (C=O) groups excluding carboxylic acids is 1. The second kappa shape index (κ2) is 5.73. The normalized spacial score (nSPS) is 49.6. The third-order valence-electron chi connectivity index (χ3n) is 8.78. The summed E-state index contributed by atoms with van der Waals surface area (Å²) in [6.07, 6.45) is 6.94. The van der Waals surface area contributed by atoms with Crippen molar-refractivity contribution in [3.05, 3.63) is 0 Å². The van der Waals surface area contributed by atoms with Gasteiger partial charge in [-0.15, -0.1) is 0 Å². The van der Waals surface area contributed by atoms with E-state index in [1.54, 1.807) is 0 Å². The number of rotatable bonds is 2. The van der Waals surface area contributed by atoms with Crippen molar-refractivity contribution in [2.45, 2.75) is 65.2 Å². The quantitative estimate of drug-likeness (QED) is 0.710. The Morgan fingerprint density at radius 3 is 2.56 bits per heavy atom. The van der Waals surface area contributed by atoms with Crippen LogP contribution in [0.2, 0.25) is 0 Å². The van der Waals surface area contributed by atoms with Crippen LogP contribution in [-0.4, -0.2) is 28.9 Å². The first-order chi connectivity index (χ1) is 11.9. The van der Waals surface area contributed by atoms with Gasteiger partial charge in [-0.05, 0) is 62.7 Å². The zero-order chi connectivity index (χ0) is 18.0. The van der Waals surface area contributed by atoms with E-state index in [1.807, 2.05) is 0 Å². The summed E-state index contributed by atoms with van der Waals surface area (Å²) in [6, 6.07) is 0. The fraction of sp³-hybridized carbons (Fsp3) is 0.857. The average Bonchev–Trinajstić information content (AvgIpc) is 2.91. The molecule has 138 valence electrons. The Labute approximate surface area is 150 Å². The zero-order valence-corrected chi connectivity index (χ0v) is 15.6. The maximum absolute atomic E-state index is 12.5. The summed E-state index contributed by atoms with van der Waals surface area (Å²) in [6.45, 7) is 4.43. The Morgan fingerprint density at radius 2 is 1.88 bits per heavy atom. The molecule has 4 rings (SSSR count). The Kier molecular flexibility index (Phi) is 3.99. The van der Waals surface area contributed by atoms with E-state index in [-0.39, 0.29) is 29.3 Å². The van der Waals surface area contributed by atoms with Gasteiger partial charge in [0, 0.05) is 47.1 Å². The van der Waals surface area contributed by atoms with Crippen LogP contribution in [-0.2, 0) is 4.79 Å². The van der Waals surface area contributed by atoms with Crippen molar-refractivity contribution in [3.8, 4) is 0 Å². The molecule has 0 heterocycles. The first-order valence-electron chi connectivity index (χ1n) is 10.2. The maximum Gasteiger partial charge on any atom is 0.139 e. The first kappa shape index (κ1) is 17.4. The molecule has 3 N–H and O–H groups in total. The predicted octanol–water partition coefficient (Wildman–Crippen LogP) is 3.86. The molecule has 0 saturated heterocycles. The summed E-state index contributed by atoms with van der Waals surface area (Å²) < 4.78 is 0. The molecule has 7 atom stereocenters. The van der Waals surface area contributed by atoms with Crippen molar-refractivity contribution >= 4 is 17.2 Å². The van der Waals surface area contributed by atoms with Crippen LogP contribution in [0, 0.1) is 51.2 Å². The standard InChI is InChI=1S/C21H32N2O2/c1-3-12-16(22)7-9-21(11-24)15-6-8-20(2)14(4-5-18(20)25)13(15)10-17(23)19(12)21/h12-15,19,22-24H,3-11H2,1-2H3/t12-,13?,14?,15?,19?,20-,21-/m0/s1. The lowest BCUT2D eigenvalue weighted by Gasteiger charge is -2.61. The molecule has 0 aliphatic heterocycles. The second-order valence-corrected chi connectivity index (χ2v) is 9.43. The van der Waals surface area contributed by atoms with Gasteiger partial charge in [-0.25, -0.2) is 0 Å². The van der Waals surface area contributed by atoms with Crippen LogP contribution in [0.25, 0.3) is 0 Å². The molecule has 4 unspecified atom stereocenters. The van der Waals surface area contributed by atoms with E-state index >= 15 is 0 Å². The van der Waals surface area contributed by atoms with Crippen molar-refractivity contribution in [1.29, 1.82) is 10.8 Å². The molecule has 0 spiro atoms. The highest BCUT2D eigenvalue weighted by Gasteiger charge is 2.63. The number of hydrogen-bond donors (Lipinski definition) is 3.